The molecular weight excluding hydrogens is 391 g/mol. The minimum Gasteiger partial charge on any atom is -0.497 e. The van der Waals surface area contributed by atoms with Gasteiger partial charge in [0.2, 0.25) is 0 Å². The summed E-state index contributed by atoms with van der Waals surface area (Å²) in [5.41, 5.74) is 2.48. The Kier molecular flexibility index (Phi) is 5.58. The molecule has 0 amide bonds. The fraction of sp³-hybridized carbons (Fsp3) is 0.0909. The van der Waals surface area contributed by atoms with Crippen molar-refractivity contribution in [1.82, 2.24) is 0 Å². The van der Waals surface area contributed by atoms with E-state index in [4.69, 9.17) is 9.47 Å². The average Bonchev–Trinajstić information content (AvgIpc) is 3.38. The first-order valence-corrected chi connectivity index (χ1v) is 11.1. The maximum absolute atomic E-state index is 5.24. The molecule has 0 aliphatic rings. The first-order valence-electron chi connectivity index (χ1n) is 8.51. The van der Waals surface area contributed by atoms with Crippen LogP contribution in [0.5, 0.6) is 11.5 Å². The van der Waals surface area contributed by atoms with Crippen LogP contribution in [0.4, 0.5) is 0 Å². The van der Waals surface area contributed by atoms with Crippen molar-refractivity contribution in [3.05, 3.63) is 72.8 Å². The lowest BCUT2D eigenvalue weighted by Crippen LogP contribution is -1.92. The van der Waals surface area contributed by atoms with Gasteiger partial charge < -0.3 is 9.47 Å². The molecule has 0 fully saturated rings. The lowest BCUT2D eigenvalue weighted by atomic mass is 10.2. The van der Waals surface area contributed by atoms with Crippen LogP contribution in [0.15, 0.2) is 72.8 Å². The molecule has 27 heavy (non-hydrogen) atoms. The number of hydrogen-bond acceptors (Lipinski definition) is 4. The molecule has 0 bridgehead atoms. The third-order valence-corrected chi connectivity index (χ3v) is 8.15. The van der Waals surface area contributed by atoms with Gasteiger partial charge in [0.1, 0.15) is 11.5 Å². The summed E-state index contributed by atoms with van der Waals surface area (Å²) < 4.78 is 13.3. The monoisotopic (exact) mass is 410 g/mol. The maximum Gasteiger partial charge on any atom is 0.118 e. The molecule has 0 aliphatic carbocycles. The molecule has 0 radical (unpaired) electrons. The Balaban J connectivity index is 1.48. The zero-order valence-electron chi connectivity index (χ0n) is 15.1. The van der Waals surface area contributed by atoms with Crippen LogP contribution in [0, 0.1) is 0 Å². The zero-order chi connectivity index (χ0) is 18.6. The Labute approximate surface area is 169 Å². The normalized spacial score (nSPS) is 10.7. The van der Waals surface area contributed by atoms with Crippen LogP contribution in [0.1, 0.15) is 0 Å². The summed E-state index contributed by atoms with van der Waals surface area (Å²) in [7, 11) is 4.08. The lowest BCUT2D eigenvalue weighted by molar-refractivity contribution is 0.415. The van der Waals surface area contributed by atoms with Crippen LogP contribution in [0.25, 0.3) is 20.9 Å². The van der Waals surface area contributed by atoms with Crippen molar-refractivity contribution >= 4 is 40.5 Å². The molecule has 0 N–H and O–H groups in total. The summed E-state index contributed by atoms with van der Waals surface area (Å²) in [6.07, 6.45) is 0. The van der Waals surface area contributed by atoms with Gasteiger partial charge in [-0.05, 0) is 92.5 Å². The predicted molar refractivity (Wildman–Crippen MR) is 120 cm³/mol. The van der Waals surface area contributed by atoms with Gasteiger partial charge in [-0.2, -0.15) is 0 Å². The molecule has 2 aromatic heterocycles. The first-order chi connectivity index (χ1) is 13.2. The van der Waals surface area contributed by atoms with Crippen molar-refractivity contribution in [2.24, 2.45) is 0 Å². The summed E-state index contributed by atoms with van der Waals surface area (Å²) in [6, 6.07) is 25.4. The summed E-state index contributed by atoms with van der Waals surface area (Å²) >= 11 is 3.73. The largest absolute Gasteiger partial charge is 0.497 e. The molecule has 2 nitrogen and oxygen atoms in total. The van der Waals surface area contributed by atoms with Gasteiger partial charge in [0.15, 0.2) is 0 Å². The van der Waals surface area contributed by atoms with Crippen molar-refractivity contribution in [3.63, 3.8) is 0 Å². The van der Waals surface area contributed by atoms with E-state index in [2.05, 4.69) is 48.5 Å². The summed E-state index contributed by atoms with van der Waals surface area (Å²) in [5.74, 6) is 1.78. The van der Waals surface area contributed by atoms with Crippen molar-refractivity contribution in [2.45, 2.75) is 0 Å². The Morgan fingerprint density at radius 3 is 1.33 bits per heavy atom. The highest BCUT2D eigenvalue weighted by Gasteiger charge is 2.08. The van der Waals surface area contributed by atoms with Gasteiger partial charge in [-0.1, -0.05) is 0 Å². The molecule has 2 aromatic carbocycles. The van der Waals surface area contributed by atoms with E-state index in [-0.39, 0.29) is 0 Å². The van der Waals surface area contributed by atoms with Crippen LogP contribution in [-0.4, -0.2) is 14.2 Å². The molecule has 0 atom stereocenters. The first kappa shape index (κ1) is 18.2. The molecule has 0 saturated carbocycles. The van der Waals surface area contributed by atoms with Gasteiger partial charge in [0.05, 0.1) is 14.2 Å². The highest BCUT2D eigenvalue weighted by molar-refractivity contribution is 7.69. The van der Waals surface area contributed by atoms with Crippen molar-refractivity contribution in [1.29, 1.82) is 0 Å². The Morgan fingerprint density at radius 2 is 0.963 bits per heavy atom. The molecule has 136 valence electrons. The van der Waals surface area contributed by atoms with Gasteiger partial charge in [0, 0.05) is 19.0 Å². The second kappa shape index (κ2) is 8.26. The second-order valence-electron chi connectivity index (χ2n) is 5.91. The van der Waals surface area contributed by atoms with Crippen molar-refractivity contribution in [2.75, 3.05) is 14.2 Å². The number of methoxy groups -OCH3 is 2. The average molecular weight is 411 g/mol. The van der Waals surface area contributed by atoms with Crippen molar-refractivity contribution < 1.29 is 9.47 Å². The van der Waals surface area contributed by atoms with E-state index < -0.39 is 0 Å². The molecule has 4 aromatic rings. The smallest absolute Gasteiger partial charge is 0.118 e. The highest BCUT2D eigenvalue weighted by Crippen LogP contribution is 2.32. The Morgan fingerprint density at radius 1 is 0.556 bits per heavy atom. The fourth-order valence-corrected chi connectivity index (χ4v) is 6.78. The molecule has 2 heterocycles. The molecule has 0 spiro atoms. The lowest BCUT2D eigenvalue weighted by Gasteiger charge is -2.01. The Hall–Kier alpha value is -2.13. The maximum atomic E-state index is 5.24. The second-order valence-corrected chi connectivity index (χ2v) is 10.1. The van der Waals surface area contributed by atoms with Crippen LogP contribution >= 0.6 is 31.3 Å². The summed E-state index contributed by atoms with van der Waals surface area (Å²) in [4.78, 5) is 2.60. The summed E-state index contributed by atoms with van der Waals surface area (Å²) in [5, 5.41) is 0. The number of rotatable bonds is 6. The van der Waals surface area contributed by atoms with E-state index in [0.717, 1.165) is 11.5 Å². The van der Waals surface area contributed by atoms with E-state index in [1.165, 1.54) is 30.1 Å². The van der Waals surface area contributed by atoms with Gasteiger partial charge >= 0.3 is 0 Å². The third kappa shape index (κ3) is 4.24. The molecule has 5 heteroatoms. The van der Waals surface area contributed by atoms with Gasteiger partial charge in [-0.15, -0.1) is 22.7 Å². The standard InChI is InChI=1S/C22H19O2PS2/c1-23-17-7-3-15(4-8-17)19-11-13-21(26-19)25-22-14-12-20(27-22)16-5-9-18(24-2)10-6-16/h3-14,25H,1-2H3. The topological polar surface area (TPSA) is 18.5 Å². The number of ether oxygens (including phenoxy) is 2. The minimum atomic E-state index is 0.691. The number of thiophene rings is 2. The molecular formula is C22H19O2PS2. The fourth-order valence-electron chi connectivity index (χ4n) is 2.75. The van der Waals surface area contributed by atoms with Gasteiger partial charge in [0.25, 0.3) is 0 Å². The van der Waals surface area contributed by atoms with E-state index in [1.54, 1.807) is 14.2 Å². The number of benzene rings is 2. The predicted octanol–water partition coefficient (Wildman–Crippen LogP) is 5.79. The van der Waals surface area contributed by atoms with Gasteiger partial charge in [-0.25, -0.2) is 0 Å². The van der Waals surface area contributed by atoms with Crippen molar-refractivity contribution in [3.8, 4) is 32.4 Å². The van der Waals surface area contributed by atoms with Gasteiger partial charge in [-0.3, -0.25) is 0 Å². The highest BCUT2D eigenvalue weighted by atomic mass is 32.1. The summed E-state index contributed by atoms with van der Waals surface area (Å²) in [6.45, 7) is 0. The van der Waals surface area contributed by atoms with E-state index >= 15 is 0 Å². The molecule has 4 rings (SSSR count). The minimum absolute atomic E-state index is 0.691. The van der Waals surface area contributed by atoms with E-state index in [1.807, 2.05) is 46.9 Å². The SMILES string of the molecule is COc1ccc(-c2ccc(Pc3ccc(-c4ccc(OC)cc4)s3)s2)cc1. The van der Waals surface area contributed by atoms with E-state index in [9.17, 15) is 0 Å². The third-order valence-electron chi connectivity index (χ3n) is 4.21. The molecule has 0 saturated heterocycles. The zero-order valence-corrected chi connectivity index (χ0v) is 17.7. The quantitative estimate of drug-likeness (QED) is 0.375. The Bertz CT molecular complexity index is 933. The van der Waals surface area contributed by atoms with Crippen LogP contribution in [-0.2, 0) is 0 Å². The molecule has 0 unspecified atom stereocenters. The van der Waals surface area contributed by atoms with Crippen LogP contribution in [0.3, 0.4) is 0 Å². The number of hydrogen-bond donors (Lipinski definition) is 0. The molecule has 0 aliphatic heterocycles. The van der Waals surface area contributed by atoms with E-state index in [0.29, 0.717) is 8.58 Å². The van der Waals surface area contributed by atoms with Crippen LogP contribution in [0.2, 0.25) is 0 Å². The van der Waals surface area contributed by atoms with Crippen LogP contribution < -0.4 is 18.7 Å².